The number of carbonyl (C=O) groups excluding carboxylic acids is 1. The van der Waals surface area contributed by atoms with Crippen molar-refractivity contribution in [3.8, 4) is 11.5 Å². The van der Waals surface area contributed by atoms with E-state index in [9.17, 15) is 10.0 Å². The maximum Gasteiger partial charge on any atom is 0.265 e. The first-order valence-electron chi connectivity index (χ1n) is 10.3. The lowest BCUT2D eigenvalue weighted by molar-refractivity contribution is -0.114. The highest BCUT2D eigenvalue weighted by Gasteiger charge is 2.13. The second-order valence-electron chi connectivity index (χ2n) is 7.58. The Morgan fingerprint density at radius 2 is 1.76 bits per heavy atom. The van der Waals surface area contributed by atoms with Crippen molar-refractivity contribution in [3.05, 3.63) is 60.1 Å². The van der Waals surface area contributed by atoms with E-state index in [2.05, 4.69) is 63.2 Å². The lowest BCUT2D eigenvalue weighted by Gasteiger charge is -2.14. The van der Waals surface area contributed by atoms with Crippen molar-refractivity contribution in [2.75, 3.05) is 40.9 Å². The number of nitrogens with zero attached hydrogens (tertiary/aromatic N) is 2. The number of amides is 1. The van der Waals surface area contributed by atoms with Gasteiger partial charge in [0.25, 0.3) is 5.91 Å². The van der Waals surface area contributed by atoms with Crippen molar-refractivity contribution in [2.45, 2.75) is 19.3 Å². The topological polar surface area (TPSA) is 86.2 Å². The highest BCUT2D eigenvalue weighted by atomic mass is 79.9. The van der Waals surface area contributed by atoms with Crippen LogP contribution in [0.4, 0.5) is 0 Å². The third-order valence-corrected chi connectivity index (χ3v) is 6.51. The molecule has 0 aromatic heterocycles. The van der Waals surface area contributed by atoms with Crippen molar-refractivity contribution in [1.82, 2.24) is 10.2 Å². The van der Waals surface area contributed by atoms with Crippen LogP contribution in [0.5, 0.6) is 11.5 Å². The van der Waals surface area contributed by atoms with Gasteiger partial charge >= 0.3 is 0 Å². The summed E-state index contributed by atoms with van der Waals surface area (Å²) in [6, 6.07) is 9.30. The average molecular weight is 649 g/mol. The molecule has 0 aliphatic heterocycles. The second kappa shape index (κ2) is 13.9. The van der Waals surface area contributed by atoms with E-state index in [4.69, 9.17) is 9.47 Å². The number of halogens is 3. The fourth-order valence-electron chi connectivity index (χ4n) is 3.04. The van der Waals surface area contributed by atoms with Gasteiger partial charge in [0.05, 0.1) is 32.8 Å². The van der Waals surface area contributed by atoms with E-state index in [-0.39, 0.29) is 12.1 Å². The van der Waals surface area contributed by atoms with Crippen LogP contribution in [0, 0.1) is 5.21 Å². The van der Waals surface area contributed by atoms with E-state index in [0.29, 0.717) is 25.3 Å². The van der Waals surface area contributed by atoms with E-state index in [1.54, 1.807) is 25.3 Å². The van der Waals surface area contributed by atoms with Gasteiger partial charge in [-0.1, -0.05) is 6.07 Å². The van der Waals surface area contributed by atoms with Crippen LogP contribution in [0.3, 0.4) is 0 Å². The molecule has 0 fully saturated rings. The first-order valence-corrected chi connectivity index (χ1v) is 12.7. The van der Waals surface area contributed by atoms with Crippen LogP contribution in [0.25, 0.3) is 0 Å². The number of benzene rings is 2. The summed E-state index contributed by atoms with van der Waals surface area (Å²) in [7, 11) is 5.63. The number of methoxy groups -OCH3 is 1. The lowest BCUT2D eigenvalue weighted by Crippen LogP contribution is -2.33. The Morgan fingerprint density at radius 3 is 2.33 bits per heavy atom. The van der Waals surface area contributed by atoms with Crippen molar-refractivity contribution in [1.29, 1.82) is 0 Å². The number of hydrogen-bond donors (Lipinski definition) is 1. The van der Waals surface area contributed by atoms with Gasteiger partial charge in [0.1, 0.15) is 11.5 Å². The molecule has 0 radical (unpaired) electrons. The minimum absolute atomic E-state index is 0.0732. The Kier molecular flexibility index (Phi) is 11.7. The zero-order valence-corrected chi connectivity index (χ0v) is 23.5. The number of nitrogens with one attached hydrogen (secondary N) is 1. The van der Waals surface area contributed by atoms with E-state index in [0.717, 1.165) is 43.3 Å². The fourth-order valence-corrected chi connectivity index (χ4v) is 5.14. The van der Waals surface area contributed by atoms with Gasteiger partial charge in [0.15, 0.2) is 0 Å². The summed E-state index contributed by atoms with van der Waals surface area (Å²) in [4.78, 5) is 14.6. The molecule has 10 heteroatoms. The minimum atomic E-state index is -0.476. The monoisotopic (exact) mass is 646 g/mol. The highest BCUT2D eigenvalue weighted by molar-refractivity contribution is 9.11. The predicted octanol–water partition coefficient (Wildman–Crippen LogP) is 5.15. The summed E-state index contributed by atoms with van der Waals surface area (Å²) in [5.41, 5.74) is 1.71. The molecule has 180 valence electrons. The predicted molar refractivity (Wildman–Crippen MR) is 142 cm³/mol. The normalized spacial score (nSPS) is 11.5. The largest absolute Gasteiger partial charge is 0.792 e. The number of hydrogen-bond acceptors (Lipinski definition) is 6. The van der Waals surface area contributed by atoms with Crippen molar-refractivity contribution >= 4 is 59.4 Å². The zero-order chi connectivity index (χ0) is 24.4. The standard InChI is InChI=1S/C23H28Br3N3O4/c1-29(2)9-4-10-33-22-18(25)12-16(13-19(22)26)7-8-27-23(30)20(28-31)14-15-5-6-21(32-3)17(24)11-15/h5-6,11-13,31H,4,7-10,14H2,1-3H3,(H,27,30)/p-1/b28-20+. The van der Waals surface area contributed by atoms with Crippen LogP contribution in [0.15, 0.2) is 48.9 Å². The molecule has 0 heterocycles. The van der Waals surface area contributed by atoms with Gasteiger partial charge in [-0.05, 0) is 110 Å². The summed E-state index contributed by atoms with van der Waals surface area (Å²) in [6.07, 6.45) is 1.65. The molecule has 7 nitrogen and oxygen atoms in total. The van der Waals surface area contributed by atoms with Gasteiger partial charge in [0.2, 0.25) is 0 Å². The van der Waals surface area contributed by atoms with E-state index in [1.165, 1.54) is 0 Å². The molecule has 1 amide bonds. The molecule has 1 N–H and O–H groups in total. The van der Waals surface area contributed by atoms with E-state index >= 15 is 0 Å². The van der Waals surface area contributed by atoms with Crippen LogP contribution in [-0.4, -0.2) is 57.4 Å². The van der Waals surface area contributed by atoms with Gasteiger partial charge in [-0.2, -0.15) is 0 Å². The molecule has 0 atom stereocenters. The van der Waals surface area contributed by atoms with Gasteiger partial charge < -0.3 is 30.1 Å². The molecular weight excluding hydrogens is 622 g/mol. The van der Waals surface area contributed by atoms with Gasteiger partial charge in [-0.3, -0.25) is 4.79 Å². The van der Waals surface area contributed by atoms with Crippen LogP contribution < -0.4 is 14.8 Å². The molecule has 2 aromatic rings. The quantitative estimate of drug-likeness (QED) is 0.195. The van der Waals surface area contributed by atoms with Crippen LogP contribution >= 0.6 is 47.8 Å². The highest BCUT2D eigenvalue weighted by Crippen LogP contribution is 2.35. The molecule has 0 saturated heterocycles. The Hall–Kier alpha value is -1.62. The number of rotatable bonds is 12. The van der Waals surface area contributed by atoms with Gasteiger partial charge in [-0.25, -0.2) is 0 Å². The van der Waals surface area contributed by atoms with E-state index in [1.807, 2.05) is 26.2 Å². The third-order valence-electron chi connectivity index (χ3n) is 4.71. The number of carbonyl (C=O) groups is 1. The molecule has 0 bridgehead atoms. The minimum Gasteiger partial charge on any atom is -0.792 e. The molecule has 33 heavy (non-hydrogen) atoms. The first kappa shape index (κ1) is 27.6. The fraction of sp³-hybridized carbons (Fsp3) is 0.391. The Balaban J connectivity index is 1.89. The van der Waals surface area contributed by atoms with Crippen LogP contribution in [0.1, 0.15) is 17.5 Å². The summed E-state index contributed by atoms with van der Waals surface area (Å²) < 4.78 is 13.5. The average Bonchev–Trinajstić information content (AvgIpc) is 2.76. The van der Waals surface area contributed by atoms with E-state index < -0.39 is 5.91 Å². The maximum atomic E-state index is 12.4. The smallest absolute Gasteiger partial charge is 0.265 e. The molecule has 0 unspecified atom stereocenters. The van der Waals surface area contributed by atoms with Crippen molar-refractivity contribution in [2.24, 2.45) is 5.16 Å². The molecule has 2 rings (SSSR count). The van der Waals surface area contributed by atoms with Crippen molar-refractivity contribution in [3.63, 3.8) is 0 Å². The number of ether oxygens (including phenoxy) is 2. The Labute approximate surface area is 219 Å². The Bertz CT molecular complexity index is 960. The molecule has 0 aliphatic carbocycles. The molecule has 2 aromatic carbocycles. The summed E-state index contributed by atoms with van der Waals surface area (Å²) in [6.45, 7) is 1.94. The summed E-state index contributed by atoms with van der Waals surface area (Å²) >= 11 is 10.5. The van der Waals surface area contributed by atoms with Crippen LogP contribution in [0.2, 0.25) is 0 Å². The lowest BCUT2D eigenvalue weighted by atomic mass is 10.1. The Morgan fingerprint density at radius 1 is 1.09 bits per heavy atom. The third kappa shape index (κ3) is 8.92. The second-order valence-corrected chi connectivity index (χ2v) is 10.1. The summed E-state index contributed by atoms with van der Waals surface area (Å²) in [5.74, 6) is 0.954. The van der Waals surface area contributed by atoms with Gasteiger partial charge in [-0.15, -0.1) is 0 Å². The first-order chi connectivity index (χ1) is 15.7. The molecule has 0 aliphatic rings. The van der Waals surface area contributed by atoms with Crippen molar-refractivity contribution < 1.29 is 14.3 Å². The summed E-state index contributed by atoms with van der Waals surface area (Å²) in [5, 5.41) is 17.0. The van der Waals surface area contributed by atoms with Gasteiger partial charge in [0, 0.05) is 19.5 Å². The van der Waals surface area contributed by atoms with Crippen LogP contribution in [-0.2, 0) is 17.6 Å². The molecular formula is C23H27Br3N3O4-. The molecule has 0 spiro atoms. The molecule has 0 saturated carbocycles. The zero-order valence-electron chi connectivity index (χ0n) is 18.8. The maximum absolute atomic E-state index is 12.4. The SMILES string of the molecule is COc1ccc(C/C(=N\[O-])C(=O)NCCc2cc(Br)c(OCCCN(C)C)c(Br)c2)cc1Br.